The largest absolute Gasteiger partial charge is 0.457 e. The molecule has 0 bridgehead atoms. The molecule has 0 N–H and O–H groups in total. The third-order valence-electron chi connectivity index (χ3n) is 8.04. The van der Waals surface area contributed by atoms with Crippen LogP contribution in [0.1, 0.15) is 37.2 Å². The van der Waals surface area contributed by atoms with Crippen molar-refractivity contribution in [2.75, 3.05) is 0 Å². The molecule has 0 saturated heterocycles. The van der Waals surface area contributed by atoms with Crippen LogP contribution in [0, 0.1) is 20.8 Å². The number of aromatic nitrogens is 4. The van der Waals surface area contributed by atoms with Gasteiger partial charge >= 0.3 is 0 Å². The van der Waals surface area contributed by atoms with Crippen LogP contribution in [-0.2, 0) is 6.42 Å². The minimum atomic E-state index is 0.480. The Morgan fingerprint density at radius 1 is 0.791 bits per heavy atom. The number of nitrogens with zero attached hydrogens (tertiary/aromatic N) is 4. The van der Waals surface area contributed by atoms with Gasteiger partial charge in [0, 0.05) is 40.4 Å². The molecule has 3 heterocycles. The number of aryl methyl sites for hydroxylation is 3. The number of para-hydroxylation sites is 1. The molecule has 0 atom stereocenters. The van der Waals surface area contributed by atoms with Crippen molar-refractivity contribution in [2.45, 2.75) is 40.5 Å². The average molecular weight is 564 g/mol. The molecule has 0 radical (unpaired) electrons. The summed E-state index contributed by atoms with van der Waals surface area (Å²) in [6, 6.07) is 33.3. The average Bonchev–Trinajstić information content (AvgIpc) is 3.49. The molecule has 0 amide bonds. The molecule has 3 aromatic heterocycles. The van der Waals surface area contributed by atoms with Crippen molar-refractivity contribution in [1.82, 2.24) is 19.3 Å². The lowest BCUT2D eigenvalue weighted by Crippen LogP contribution is -2.01. The maximum Gasteiger partial charge on any atom is 0.137 e. The fourth-order valence-corrected chi connectivity index (χ4v) is 6.15. The minimum absolute atomic E-state index is 0.480. The summed E-state index contributed by atoms with van der Waals surface area (Å²) in [5.74, 6) is 2.34. The van der Waals surface area contributed by atoms with Crippen LogP contribution in [0.5, 0.6) is 11.5 Å². The zero-order valence-corrected chi connectivity index (χ0v) is 24.9. The highest BCUT2D eigenvalue weighted by Gasteiger charge is 2.17. The van der Waals surface area contributed by atoms with Gasteiger partial charge in [-0.3, -0.25) is 4.57 Å². The molecule has 0 spiro atoms. The Labute approximate surface area is 253 Å². The first-order chi connectivity index (χ1) is 21.4. The predicted octanol–water partition coefficient (Wildman–Crippen LogP) is 9.70. The Morgan fingerprint density at radius 2 is 1.63 bits per heavy atom. The second-order valence-electron chi connectivity index (χ2n) is 11.2. The van der Waals surface area contributed by atoms with Crippen LogP contribution in [0.4, 0.5) is 0 Å². The summed E-state index contributed by atoms with van der Waals surface area (Å²) in [6.45, 7) is 8.46. The van der Waals surface area contributed by atoms with E-state index >= 15 is 0 Å². The molecule has 0 aliphatic carbocycles. The fraction of sp³-hybridized carbons (Fsp3) is 0.158. The third-order valence-corrected chi connectivity index (χ3v) is 8.04. The summed E-state index contributed by atoms with van der Waals surface area (Å²) in [5.41, 5.74) is 9.73. The van der Waals surface area contributed by atoms with Gasteiger partial charge in [-0.1, -0.05) is 61.9 Å². The van der Waals surface area contributed by atoms with Crippen LogP contribution in [0.3, 0.4) is 0 Å². The summed E-state index contributed by atoms with van der Waals surface area (Å²) in [4.78, 5) is 4.70. The van der Waals surface area contributed by atoms with E-state index in [0.29, 0.717) is 6.04 Å². The molecule has 0 saturated carbocycles. The molecule has 0 aliphatic heterocycles. The van der Waals surface area contributed by atoms with Crippen LogP contribution >= 0.6 is 0 Å². The number of hydrogen-bond donors (Lipinski definition) is 0. The van der Waals surface area contributed by atoms with E-state index in [1.54, 1.807) is 0 Å². The first-order valence-corrected chi connectivity index (χ1v) is 14.8. The molecule has 0 unspecified atom stereocenters. The minimum Gasteiger partial charge on any atom is -0.457 e. The normalized spacial score (nSPS) is 11.8. The van der Waals surface area contributed by atoms with Crippen LogP contribution in [0.2, 0.25) is 0 Å². The molecule has 212 valence electrons. The summed E-state index contributed by atoms with van der Waals surface area (Å²) >= 11 is 0. The molecule has 7 rings (SSSR count). The molecule has 5 nitrogen and oxygen atoms in total. The lowest BCUT2D eigenvalue weighted by Gasteiger charge is -2.13. The van der Waals surface area contributed by atoms with Crippen molar-refractivity contribution in [2.24, 2.45) is 0 Å². The molecule has 5 heteroatoms. The van der Waals surface area contributed by atoms with Gasteiger partial charge in [0.25, 0.3) is 0 Å². The van der Waals surface area contributed by atoms with E-state index in [1.165, 1.54) is 11.1 Å². The molecule has 0 aliphatic rings. The van der Waals surface area contributed by atoms with Gasteiger partial charge in [-0.05, 0) is 86.3 Å². The molecule has 43 heavy (non-hydrogen) atoms. The topological polar surface area (TPSA) is 44.9 Å². The number of hydrogen-bond acceptors (Lipinski definition) is 3. The van der Waals surface area contributed by atoms with Crippen molar-refractivity contribution in [3.63, 3.8) is 0 Å². The van der Waals surface area contributed by atoms with E-state index in [1.807, 2.05) is 47.3 Å². The molecular formula is C38H34N4O. The molecule has 7 aromatic rings. The Balaban J connectivity index is 1.34. The highest BCUT2D eigenvalue weighted by molar-refractivity contribution is 6.09. The van der Waals surface area contributed by atoms with Crippen LogP contribution in [0.15, 0.2) is 109 Å². The second-order valence-corrected chi connectivity index (χ2v) is 11.2. The van der Waals surface area contributed by atoms with Crippen molar-refractivity contribution < 1.29 is 6.11 Å². The first kappa shape index (κ1) is 25.5. The van der Waals surface area contributed by atoms with Gasteiger partial charge in [-0.15, -0.1) is 0 Å². The van der Waals surface area contributed by atoms with E-state index in [2.05, 4.69) is 92.9 Å². The highest BCUT2D eigenvalue weighted by atomic mass is 16.5. The highest BCUT2D eigenvalue weighted by Crippen LogP contribution is 2.36. The number of pyridine rings is 1. The summed E-state index contributed by atoms with van der Waals surface area (Å²) < 4.78 is 19.1. The second kappa shape index (κ2) is 10.9. The Kier molecular flexibility index (Phi) is 6.48. The zero-order valence-electron chi connectivity index (χ0n) is 25.9. The first-order valence-electron chi connectivity index (χ1n) is 15.3. The SMILES string of the molecule is [2H]c1ccc2c(c1)c1ccc(Oc3cc(CCC)cc(-n4nc(C)c(-c5ccccc5)c4C)c3)cc1n2-c1cc(C)ccn1. The molecular weight excluding hydrogens is 528 g/mol. The van der Waals surface area contributed by atoms with Gasteiger partial charge in [0.05, 0.1) is 23.8 Å². The Morgan fingerprint density at radius 3 is 2.44 bits per heavy atom. The zero-order chi connectivity index (χ0) is 30.4. The lowest BCUT2D eigenvalue weighted by atomic mass is 10.0. The van der Waals surface area contributed by atoms with Crippen LogP contribution in [-0.4, -0.2) is 19.3 Å². The molecule has 0 fully saturated rings. The van der Waals surface area contributed by atoms with Gasteiger partial charge < -0.3 is 4.74 Å². The van der Waals surface area contributed by atoms with E-state index in [-0.39, 0.29) is 0 Å². The monoisotopic (exact) mass is 563 g/mol. The van der Waals surface area contributed by atoms with Crippen molar-refractivity contribution in [3.8, 4) is 34.1 Å². The van der Waals surface area contributed by atoms with Gasteiger partial charge in [0.2, 0.25) is 0 Å². The van der Waals surface area contributed by atoms with E-state index < -0.39 is 0 Å². The number of ether oxygens (including phenoxy) is 1. The fourth-order valence-electron chi connectivity index (χ4n) is 6.15. The maximum atomic E-state index is 8.26. The standard InChI is InChI=1S/C38H34N4O/c1-5-11-28-21-30(42-27(4)38(26(3)40-42)29-12-7-6-8-13-29)23-32(22-28)43-31-16-17-34-33-14-9-10-15-35(33)41(36(34)24-31)37-20-25(2)18-19-39-37/h6-10,12-24H,5,11H2,1-4H3/i9D. The maximum absolute atomic E-state index is 8.26. The van der Waals surface area contributed by atoms with Crippen LogP contribution < -0.4 is 4.74 Å². The Hall–Kier alpha value is -5.16. The van der Waals surface area contributed by atoms with Gasteiger partial charge in [0.1, 0.15) is 17.3 Å². The van der Waals surface area contributed by atoms with Crippen LogP contribution in [0.25, 0.3) is 44.4 Å². The van der Waals surface area contributed by atoms with E-state index in [4.69, 9.17) is 16.2 Å². The summed E-state index contributed by atoms with van der Waals surface area (Å²) in [6.07, 6.45) is 3.81. The summed E-state index contributed by atoms with van der Waals surface area (Å²) in [7, 11) is 0. The van der Waals surface area contributed by atoms with Crippen molar-refractivity contribution >= 4 is 21.8 Å². The van der Waals surface area contributed by atoms with Gasteiger partial charge in [-0.25, -0.2) is 9.67 Å². The number of rotatable bonds is 7. The van der Waals surface area contributed by atoms with Crippen molar-refractivity contribution in [3.05, 3.63) is 132 Å². The Bertz CT molecular complexity index is 2160. The summed E-state index contributed by atoms with van der Waals surface area (Å²) in [5, 5.41) is 7.04. The molecule has 4 aromatic carbocycles. The number of benzene rings is 4. The van der Waals surface area contributed by atoms with Crippen molar-refractivity contribution in [1.29, 1.82) is 0 Å². The van der Waals surface area contributed by atoms with E-state index in [0.717, 1.165) is 80.2 Å². The van der Waals surface area contributed by atoms with Gasteiger partial charge in [0.15, 0.2) is 0 Å². The van der Waals surface area contributed by atoms with E-state index in [9.17, 15) is 0 Å². The number of fused-ring (bicyclic) bond motifs is 3. The smallest absolute Gasteiger partial charge is 0.137 e. The lowest BCUT2D eigenvalue weighted by molar-refractivity contribution is 0.482. The predicted molar refractivity (Wildman–Crippen MR) is 176 cm³/mol. The third kappa shape index (κ3) is 4.87. The van der Waals surface area contributed by atoms with Gasteiger partial charge in [-0.2, -0.15) is 5.10 Å². The quantitative estimate of drug-likeness (QED) is 0.194.